The second-order valence-corrected chi connectivity index (χ2v) is 14.1. The number of rotatable bonds is 11. The van der Waals surface area contributed by atoms with Gasteiger partial charge < -0.3 is 16.0 Å². The fraction of sp³-hybridized carbons (Fsp3) is 0.0270. The highest BCUT2D eigenvalue weighted by atomic mass is 79.9. The van der Waals surface area contributed by atoms with Crippen LogP contribution in [0.2, 0.25) is 0 Å². The minimum absolute atomic E-state index is 0.118. The maximum absolute atomic E-state index is 13.6. The lowest BCUT2D eigenvalue weighted by atomic mass is 10.1. The Kier molecular flexibility index (Phi) is 10.9. The monoisotopic (exact) mass is 750 g/mol. The van der Waals surface area contributed by atoms with Gasteiger partial charge in [-0.3, -0.25) is 14.4 Å². The summed E-state index contributed by atoms with van der Waals surface area (Å²) in [5, 5.41) is 14.3. The lowest BCUT2D eigenvalue weighted by Crippen LogP contribution is -2.30. The van der Waals surface area contributed by atoms with Crippen LogP contribution in [0.5, 0.6) is 0 Å². The zero-order chi connectivity index (χ0) is 33.3. The first-order valence-electron chi connectivity index (χ1n) is 14.7. The molecule has 3 amide bonds. The molecule has 1 atom stereocenters. The average Bonchev–Trinajstić information content (AvgIpc) is 3.81. The fourth-order valence-corrected chi connectivity index (χ4v) is 7.20. The van der Waals surface area contributed by atoms with Gasteiger partial charge in [-0.15, -0.1) is 23.1 Å². The van der Waals surface area contributed by atoms with E-state index in [2.05, 4.69) is 36.9 Å². The van der Waals surface area contributed by atoms with E-state index < -0.39 is 11.2 Å². The molecule has 1 unspecified atom stereocenters. The summed E-state index contributed by atoms with van der Waals surface area (Å²) in [4.78, 5) is 45.4. The molecule has 6 aromatic rings. The van der Waals surface area contributed by atoms with E-state index in [4.69, 9.17) is 0 Å². The molecular formula is C37H27BrN4O3S3. The van der Waals surface area contributed by atoms with Gasteiger partial charge in [0.2, 0.25) is 5.91 Å². The molecule has 0 fully saturated rings. The van der Waals surface area contributed by atoms with E-state index in [-0.39, 0.29) is 17.5 Å². The van der Waals surface area contributed by atoms with E-state index in [9.17, 15) is 14.4 Å². The number of anilines is 2. The first-order valence-corrected chi connectivity index (χ1v) is 18.2. The molecule has 3 N–H and O–H groups in total. The number of aromatic nitrogens is 1. The molecule has 238 valence electrons. The number of thiazole rings is 1. The smallest absolute Gasteiger partial charge is 0.272 e. The number of nitrogens with one attached hydrogen (secondary N) is 3. The van der Waals surface area contributed by atoms with Gasteiger partial charge in [-0.05, 0) is 82.6 Å². The Morgan fingerprint density at radius 1 is 0.792 bits per heavy atom. The highest BCUT2D eigenvalue weighted by molar-refractivity contribution is 9.10. The van der Waals surface area contributed by atoms with E-state index in [1.165, 1.54) is 34.4 Å². The predicted molar refractivity (Wildman–Crippen MR) is 200 cm³/mol. The first-order chi connectivity index (χ1) is 23.4. The van der Waals surface area contributed by atoms with Gasteiger partial charge in [0.1, 0.15) is 10.9 Å². The van der Waals surface area contributed by atoms with Crippen molar-refractivity contribution in [3.8, 4) is 11.3 Å². The molecule has 7 nitrogen and oxygen atoms in total. The minimum Gasteiger partial charge on any atom is -0.321 e. The van der Waals surface area contributed by atoms with E-state index in [1.807, 2.05) is 95.0 Å². The minimum atomic E-state index is -0.556. The van der Waals surface area contributed by atoms with Gasteiger partial charge in [0.15, 0.2) is 5.13 Å². The highest BCUT2D eigenvalue weighted by Crippen LogP contribution is 2.37. The van der Waals surface area contributed by atoms with Crippen molar-refractivity contribution in [3.05, 3.63) is 158 Å². The molecule has 2 aromatic heterocycles. The molecule has 0 aliphatic carbocycles. The van der Waals surface area contributed by atoms with Crippen molar-refractivity contribution in [1.82, 2.24) is 10.3 Å². The summed E-state index contributed by atoms with van der Waals surface area (Å²) in [5.74, 6) is -1.04. The Bertz CT molecular complexity index is 2030. The number of carbonyl (C=O) groups excluding carboxylic acids is 3. The standard InChI is InChI=1S/C37H27BrN4O3S3/c38-28-13-11-25(12-14-28)32-23-47-37(41-32)42-36(45)33(26-7-3-1-4-8-26)48-30-17-15-29(16-18-30)39-35(44)31(21-24-19-20-46-22-24)40-34(43)27-9-5-2-6-10-27/h1-23,33H,(H,39,44)(H,40,43)(H,41,42,45)/b31-21-. The van der Waals surface area contributed by atoms with Gasteiger partial charge in [0, 0.05) is 31.6 Å². The number of nitrogens with zero attached hydrogens (tertiary/aromatic N) is 1. The van der Waals surface area contributed by atoms with Crippen LogP contribution in [-0.4, -0.2) is 22.7 Å². The maximum atomic E-state index is 13.6. The quantitative estimate of drug-likeness (QED) is 0.0905. The Hall–Kier alpha value is -4.81. The van der Waals surface area contributed by atoms with Crippen LogP contribution in [0.4, 0.5) is 10.8 Å². The summed E-state index contributed by atoms with van der Waals surface area (Å²) in [6.07, 6.45) is 1.64. The molecule has 4 aromatic carbocycles. The van der Waals surface area contributed by atoms with Crippen molar-refractivity contribution in [2.24, 2.45) is 0 Å². The summed E-state index contributed by atoms with van der Waals surface area (Å²) in [7, 11) is 0. The SMILES string of the molecule is O=C(Nc1ccc(SC(C(=O)Nc2nc(-c3ccc(Br)cc3)cs2)c2ccccc2)cc1)/C(=C/c1ccsc1)NC(=O)c1ccccc1. The molecule has 2 heterocycles. The second kappa shape index (κ2) is 15.9. The summed E-state index contributed by atoms with van der Waals surface area (Å²) < 4.78 is 0.983. The van der Waals surface area contributed by atoms with Gasteiger partial charge in [-0.25, -0.2) is 4.98 Å². The average molecular weight is 752 g/mol. The molecular weight excluding hydrogens is 725 g/mol. The predicted octanol–water partition coefficient (Wildman–Crippen LogP) is 9.52. The molecule has 0 radical (unpaired) electrons. The number of amides is 3. The Labute approximate surface area is 298 Å². The van der Waals surface area contributed by atoms with E-state index in [0.717, 1.165) is 31.8 Å². The molecule has 0 saturated heterocycles. The lowest BCUT2D eigenvalue weighted by Gasteiger charge is -2.17. The van der Waals surface area contributed by atoms with Crippen LogP contribution in [0.15, 0.2) is 146 Å². The van der Waals surface area contributed by atoms with Crippen LogP contribution >= 0.6 is 50.4 Å². The number of thiophene rings is 1. The van der Waals surface area contributed by atoms with Crippen LogP contribution in [0.25, 0.3) is 17.3 Å². The third kappa shape index (κ3) is 8.75. The van der Waals surface area contributed by atoms with E-state index in [0.29, 0.717) is 16.4 Å². The molecule has 11 heteroatoms. The third-order valence-electron chi connectivity index (χ3n) is 6.96. The van der Waals surface area contributed by atoms with Crippen LogP contribution < -0.4 is 16.0 Å². The van der Waals surface area contributed by atoms with Gasteiger partial charge in [0.25, 0.3) is 11.8 Å². The van der Waals surface area contributed by atoms with Crippen molar-refractivity contribution >= 4 is 85.0 Å². The molecule has 0 spiro atoms. The second-order valence-electron chi connectivity index (χ2n) is 10.4. The zero-order valence-electron chi connectivity index (χ0n) is 25.1. The fourth-order valence-electron chi connectivity index (χ4n) is 4.57. The topological polar surface area (TPSA) is 100 Å². The van der Waals surface area contributed by atoms with Crippen molar-refractivity contribution < 1.29 is 14.4 Å². The summed E-state index contributed by atoms with van der Waals surface area (Å²) in [6.45, 7) is 0. The largest absolute Gasteiger partial charge is 0.321 e. The Morgan fingerprint density at radius 2 is 1.50 bits per heavy atom. The molecule has 0 aliphatic rings. The summed E-state index contributed by atoms with van der Waals surface area (Å²) >= 11 is 7.72. The lowest BCUT2D eigenvalue weighted by molar-refractivity contribution is -0.116. The molecule has 0 saturated carbocycles. The van der Waals surface area contributed by atoms with Gasteiger partial charge in [-0.1, -0.05) is 76.6 Å². The molecule has 0 bridgehead atoms. The number of thioether (sulfide) groups is 1. The van der Waals surface area contributed by atoms with E-state index in [1.54, 1.807) is 42.5 Å². The first kappa shape index (κ1) is 33.1. The number of halogens is 1. The van der Waals surface area contributed by atoms with Gasteiger partial charge in [-0.2, -0.15) is 11.3 Å². The van der Waals surface area contributed by atoms with Gasteiger partial charge >= 0.3 is 0 Å². The van der Waals surface area contributed by atoms with Gasteiger partial charge in [0.05, 0.1) is 5.69 Å². The molecule has 48 heavy (non-hydrogen) atoms. The molecule has 6 rings (SSSR count). The van der Waals surface area contributed by atoms with Crippen molar-refractivity contribution in [2.45, 2.75) is 10.1 Å². The summed E-state index contributed by atoms with van der Waals surface area (Å²) in [6, 6.07) is 35.3. The highest BCUT2D eigenvalue weighted by Gasteiger charge is 2.23. The summed E-state index contributed by atoms with van der Waals surface area (Å²) in [5.41, 5.74) is 4.50. The number of carbonyl (C=O) groups is 3. The van der Waals surface area contributed by atoms with E-state index >= 15 is 0 Å². The van der Waals surface area contributed by atoms with Crippen molar-refractivity contribution in [2.75, 3.05) is 10.6 Å². The Morgan fingerprint density at radius 3 is 2.19 bits per heavy atom. The molecule has 0 aliphatic heterocycles. The normalized spacial score (nSPS) is 11.8. The van der Waals surface area contributed by atoms with Crippen LogP contribution in [0.1, 0.15) is 26.7 Å². The van der Waals surface area contributed by atoms with Crippen LogP contribution in [0.3, 0.4) is 0 Å². The Balaban J connectivity index is 1.15. The van der Waals surface area contributed by atoms with Crippen molar-refractivity contribution in [1.29, 1.82) is 0 Å². The third-order valence-corrected chi connectivity index (χ3v) is 10.2. The zero-order valence-corrected chi connectivity index (χ0v) is 29.2. The van der Waals surface area contributed by atoms with Crippen LogP contribution in [-0.2, 0) is 9.59 Å². The van der Waals surface area contributed by atoms with Crippen molar-refractivity contribution in [3.63, 3.8) is 0 Å². The number of benzene rings is 4. The number of hydrogen-bond donors (Lipinski definition) is 3. The number of hydrogen-bond acceptors (Lipinski definition) is 7. The maximum Gasteiger partial charge on any atom is 0.272 e. The van der Waals surface area contributed by atoms with Crippen LogP contribution in [0, 0.1) is 0 Å².